The highest BCUT2D eigenvalue weighted by molar-refractivity contribution is 14.1. The van der Waals surface area contributed by atoms with E-state index in [1.54, 1.807) is 0 Å². The van der Waals surface area contributed by atoms with Crippen molar-refractivity contribution in [1.29, 1.82) is 0 Å². The summed E-state index contributed by atoms with van der Waals surface area (Å²) in [6, 6.07) is 57.5. The van der Waals surface area contributed by atoms with E-state index in [0.29, 0.717) is 0 Å². The van der Waals surface area contributed by atoms with E-state index in [9.17, 15) is 0 Å². The zero-order valence-electron chi connectivity index (χ0n) is 27.4. The molecule has 51 heavy (non-hydrogen) atoms. The summed E-state index contributed by atoms with van der Waals surface area (Å²) in [6.07, 6.45) is 1.96. The van der Waals surface area contributed by atoms with Gasteiger partial charge >= 0.3 is 0 Å². The summed E-state index contributed by atoms with van der Waals surface area (Å²) < 4.78 is 10.6. The predicted molar refractivity (Wildman–Crippen MR) is 219 cm³/mol. The molecule has 5 heteroatoms. The first kappa shape index (κ1) is 29.9. The first-order valence-electron chi connectivity index (χ1n) is 17.1. The summed E-state index contributed by atoms with van der Waals surface area (Å²) in [5.41, 5.74) is 11.4. The lowest BCUT2D eigenvalue weighted by Gasteiger charge is -2.25. The monoisotopic (exact) mass is 767 g/mol. The van der Waals surface area contributed by atoms with Gasteiger partial charge in [-0.15, -0.1) is 0 Å². The van der Waals surface area contributed by atoms with Crippen LogP contribution in [0.3, 0.4) is 0 Å². The quantitative estimate of drug-likeness (QED) is 0.177. The van der Waals surface area contributed by atoms with Gasteiger partial charge in [0.25, 0.3) is 0 Å². The molecule has 0 aliphatic carbocycles. The van der Waals surface area contributed by atoms with Crippen LogP contribution in [0.4, 0.5) is 0 Å². The van der Waals surface area contributed by atoms with E-state index in [1.165, 1.54) is 14.3 Å². The Morgan fingerprint density at radius 3 is 1.94 bits per heavy atom. The number of allylic oxidation sites excluding steroid dienone is 1. The second-order valence-electron chi connectivity index (χ2n) is 12.9. The lowest BCUT2D eigenvalue weighted by molar-refractivity contribution is 0.646. The van der Waals surface area contributed by atoms with Gasteiger partial charge in [-0.3, -0.25) is 9.56 Å². The molecule has 0 spiro atoms. The zero-order valence-corrected chi connectivity index (χ0v) is 29.6. The van der Waals surface area contributed by atoms with Crippen molar-refractivity contribution in [1.82, 2.24) is 9.88 Å². The average molecular weight is 768 g/mol. The van der Waals surface area contributed by atoms with Gasteiger partial charge in [0.2, 0.25) is 5.71 Å². The molecule has 1 aliphatic heterocycles. The fraction of sp³-hybridized carbons (Fsp3) is 0.0217. The van der Waals surface area contributed by atoms with Crippen molar-refractivity contribution in [3.8, 4) is 16.8 Å². The molecule has 1 unspecified atom stereocenters. The lowest BCUT2D eigenvalue weighted by Crippen LogP contribution is -2.24. The van der Waals surface area contributed by atoms with Crippen molar-refractivity contribution < 1.29 is 4.42 Å². The normalized spacial score (nSPS) is 14.6. The van der Waals surface area contributed by atoms with E-state index in [2.05, 4.69) is 190 Å². The molecule has 0 amide bonds. The highest BCUT2D eigenvalue weighted by Gasteiger charge is 2.27. The summed E-state index contributed by atoms with van der Waals surface area (Å²) in [5.74, 6) is 0. The van der Waals surface area contributed by atoms with Gasteiger partial charge in [0, 0.05) is 31.3 Å². The number of nitrogens with zero attached hydrogens (tertiary/aromatic N) is 2. The van der Waals surface area contributed by atoms with Crippen LogP contribution in [0, 0.1) is 3.57 Å². The molecular weight excluding hydrogens is 737 g/mol. The number of benzene rings is 7. The Morgan fingerprint density at radius 2 is 1.22 bits per heavy atom. The van der Waals surface area contributed by atoms with Gasteiger partial charge in [-0.05, 0) is 86.0 Å². The third-order valence-electron chi connectivity index (χ3n) is 9.89. The number of hydrogen-bond acceptors (Lipinski definition) is 3. The third kappa shape index (κ3) is 4.91. The zero-order chi connectivity index (χ0) is 33.9. The largest absolute Gasteiger partial charge is 0.438 e. The molecule has 4 nitrogen and oxygen atoms in total. The molecule has 1 aliphatic rings. The summed E-state index contributed by atoms with van der Waals surface area (Å²) in [6.45, 7) is 0. The van der Waals surface area contributed by atoms with E-state index in [0.717, 1.165) is 77.9 Å². The van der Waals surface area contributed by atoms with Crippen LogP contribution in [0.1, 0.15) is 22.9 Å². The van der Waals surface area contributed by atoms with Crippen LogP contribution in [0.5, 0.6) is 0 Å². The van der Waals surface area contributed by atoms with Crippen LogP contribution >= 0.6 is 22.6 Å². The van der Waals surface area contributed by atoms with Crippen molar-refractivity contribution in [2.45, 2.75) is 6.17 Å². The van der Waals surface area contributed by atoms with Crippen molar-refractivity contribution in [2.75, 3.05) is 0 Å². The number of rotatable bonds is 5. The van der Waals surface area contributed by atoms with Crippen LogP contribution in [-0.2, 0) is 0 Å². The van der Waals surface area contributed by atoms with Gasteiger partial charge < -0.3 is 9.73 Å². The van der Waals surface area contributed by atoms with Gasteiger partial charge in [-0.1, -0.05) is 140 Å². The second-order valence-corrected chi connectivity index (χ2v) is 14.0. The Kier molecular flexibility index (Phi) is 7.13. The molecule has 242 valence electrons. The van der Waals surface area contributed by atoms with Gasteiger partial charge in [-0.2, -0.15) is 0 Å². The van der Waals surface area contributed by atoms with Gasteiger partial charge in [-0.25, -0.2) is 0 Å². The van der Waals surface area contributed by atoms with E-state index < -0.39 is 0 Å². The number of aromatic nitrogens is 1. The number of nitrogens with one attached hydrogen (secondary N) is 1. The average Bonchev–Trinajstić information content (AvgIpc) is 3.74. The molecule has 10 rings (SSSR count). The maximum atomic E-state index is 7.14. The SMILES string of the molecule is Ic1c(-c2ccccc2)c2oc3c(c4cc(C5=CC(c6ccccc6)=NC(c6ccccc6)N5)ccc4n3-c3ccccc3)c2c2ccccc12. The van der Waals surface area contributed by atoms with E-state index in [-0.39, 0.29) is 6.17 Å². The summed E-state index contributed by atoms with van der Waals surface area (Å²) >= 11 is 2.51. The standard InChI is InChI=1S/C46H30IN3O/c47-43-35-24-14-13-23-34(35)41-42-36-27-32(38-28-37(29-15-5-1-6-16-29)48-45(49-38)31-19-9-3-10-20-31)25-26-39(36)50(33-21-11-4-12-22-33)46(42)51-44(41)40(43)30-17-7-2-8-18-30/h1-28,45,49H. The Hall–Kier alpha value is -5.92. The summed E-state index contributed by atoms with van der Waals surface area (Å²) in [4.78, 5) is 5.18. The number of furan rings is 1. The Morgan fingerprint density at radius 1 is 0.588 bits per heavy atom. The van der Waals surface area contributed by atoms with Crippen molar-refractivity contribution >= 4 is 77.7 Å². The van der Waals surface area contributed by atoms with Crippen LogP contribution < -0.4 is 5.32 Å². The number of halogens is 1. The van der Waals surface area contributed by atoms with Crippen molar-refractivity contribution in [2.24, 2.45) is 4.99 Å². The fourth-order valence-corrected chi connectivity index (χ4v) is 8.58. The van der Waals surface area contributed by atoms with E-state index in [1.807, 2.05) is 12.1 Å². The Labute approximate surface area is 308 Å². The Bertz CT molecular complexity index is 2820. The Balaban J connectivity index is 1.28. The minimum atomic E-state index is -0.222. The van der Waals surface area contributed by atoms with Gasteiger partial charge in [0.15, 0.2) is 0 Å². The molecule has 1 atom stereocenters. The predicted octanol–water partition coefficient (Wildman–Crippen LogP) is 12.1. The molecule has 0 radical (unpaired) electrons. The summed E-state index contributed by atoms with van der Waals surface area (Å²) in [7, 11) is 0. The topological polar surface area (TPSA) is 42.5 Å². The van der Waals surface area contributed by atoms with Crippen LogP contribution in [0.15, 0.2) is 179 Å². The molecule has 2 aromatic heterocycles. The van der Waals surface area contributed by atoms with Crippen LogP contribution in [-0.4, -0.2) is 10.3 Å². The number of hydrogen-bond donors (Lipinski definition) is 1. The highest BCUT2D eigenvalue weighted by Crippen LogP contribution is 2.48. The second kappa shape index (κ2) is 12.1. The van der Waals surface area contributed by atoms with E-state index >= 15 is 0 Å². The first-order valence-corrected chi connectivity index (χ1v) is 18.2. The summed E-state index contributed by atoms with van der Waals surface area (Å²) in [5, 5.41) is 9.57. The van der Waals surface area contributed by atoms with Crippen LogP contribution in [0.2, 0.25) is 0 Å². The smallest absolute Gasteiger partial charge is 0.213 e. The molecule has 7 aromatic carbocycles. The van der Waals surface area contributed by atoms with Crippen molar-refractivity contribution in [3.05, 3.63) is 190 Å². The highest BCUT2D eigenvalue weighted by atomic mass is 127. The van der Waals surface area contributed by atoms with Crippen LogP contribution in [0.25, 0.3) is 66.3 Å². The number of fused-ring (bicyclic) bond motifs is 7. The molecule has 9 aromatic rings. The van der Waals surface area contributed by atoms with Gasteiger partial charge in [0.1, 0.15) is 11.7 Å². The molecular formula is C46H30IN3O. The first-order chi connectivity index (χ1) is 25.2. The molecule has 0 saturated carbocycles. The maximum absolute atomic E-state index is 7.14. The minimum Gasteiger partial charge on any atom is -0.438 e. The van der Waals surface area contributed by atoms with E-state index in [4.69, 9.17) is 9.41 Å². The molecule has 0 saturated heterocycles. The molecule has 3 heterocycles. The van der Waals surface area contributed by atoms with Gasteiger partial charge in [0.05, 0.1) is 16.6 Å². The number of aliphatic imine (C=N–C) groups is 1. The fourth-order valence-electron chi connectivity index (χ4n) is 7.55. The lowest BCUT2D eigenvalue weighted by atomic mass is 9.95. The molecule has 0 fully saturated rings. The van der Waals surface area contributed by atoms with Crippen molar-refractivity contribution in [3.63, 3.8) is 0 Å². The maximum Gasteiger partial charge on any atom is 0.213 e. The molecule has 0 bridgehead atoms. The minimum absolute atomic E-state index is 0.222. The number of para-hydroxylation sites is 1. The third-order valence-corrected chi connectivity index (χ3v) is 11.0. The molecule has 1 N–H and O–H groups in total.